The van der Waals surface area contributed by atoms with Crippen molar-refractivity contribution in [2.24, 2.45) is 5.92 Å². The molecule has 2 atom stereocenters. The molecule has 1 saturated carbocycles. The summed E-state index contributed by atoms with van der Waals surface area (Å²) in [7, 11) is 0. The van der Waals surface area contributed by atoms with E-state index in [2.05, 4.69) is 12.2 Å². The molecule has 1 amide bonds. The van der Waals surface area contributed by atoms with Crippen LogP contribution in [0.15, 0.2) is 24.3 Å². The summed E-state index contributed by atoms with van der Waals surface area (Å²) in [5.41, 5.74) is 6.93. The van der Waals surface area contributed by atoms with Crippen LogP contribution in [0.25, 0.3) is 0 Å². The van der Waals surface area contributed by atoms with Crippen LogP contribution in [0, 0.1) is 5.92 Å². The van der Waals surface area contributed by atoms with E-state index < -0.39 is 5.41 Å². The third-order valence-corrected chi connectivity index (χ3v) is 4.47. The summed E-state index contributed by atoms with van der Waals surface area (Å²) in [4.78, 5) is 12.6. The lowest BCUT2D eigenvalue weighted by Crippen LogP contribution is -2.46. The van der Waals surface area contributed by atoms with Crippen molar-refractivity contribution in [1.82, 2.24) is 5.32 Å². The molecule has 110 valence electrons. The predicted octanol–water partition coefficient (Wildman–Crippen LogP) is 3.24. The van der Waals surface area contributed by atoms with Gasteiger partial charge in [-0.15, -0.1) is 0 Å². The van der Waals surface area contributed by atoms with Crippen LogP contribution in [-0.2, 0) is 10.2 Å². The van der Waals surface area contributed by atoms with Crippen molar-refractivity contribution in [2.75, 3.05) is 5.73 Å². The molecular formula is C17H26N2O. The molecule has 3 N–H and O–H groups in total. The number of carbonyl (C=O) groups excluding carboxylic acids is 1. The van der Waals surface area contributed by atoms with E-state index in [0.717, 1.165) is 24.1 Å². The number of hydrogen-bond acceptors (Lipinski definition) is 2. The fourth-order valence-corrected chi connectivity index (χ4v) is 2.96. The average Bonchev–Trinajstić information content (AvgIpc) is 2.39. The van der Waals surface area contributed by atoms with Gasteiger partial charge in [0.2, 0.25) is 5.91 Å². The second-order valence-electron chi connectivity index (χ2n) is 6.69. The van der Waals surface area contributed by atoms with Gasteiger partial charge in [0, 0.05) is 11.7 Å². The van der Waals surface area contributed by atoms with Gasteiger partial charge in [-0.1, -0.05) is 31.9 Å². The summed E-state index contributed by atoms with van der Waals surface area (Å²) >= 11 is 0. The minimum Gasteiger partial charge on any atom is -0.399 e. The second-order valence-corrected chi connectivity index (χ2v) is 6.69. The Morgan fingerprint density at radius 2 is 1.90 bits per heavy atom. The van der Waals surface area contributed by atoms with Gasteiger partial charge in [-0.3, -0.25) is 4.79 Å². The quantitative estimate of drug-likeness (QED) is 0.831. The number of amides is 1. The number of anilines is 1. The molecule has 1 aromatic carbocycles. The second kappa shape index (κ2) is 5.86. The zero-order chi connectivity index (χ0) is 14.8. The van der Waals surface area contributed by atoms with Crippen LogP contribution in [0.1, 0.15) is 52.0 Å². The summed E-state index contributed by atoms with van der Waals surface area (Å²) in [6, 6.07) is 7.93. The molecule has 0 heterocycles. The minimum absolute atomic E-state index is 0.112. The molecule has 3 nitrogen and oxygen atoms in total. The van der Waals surface area contributed by atoms with Crippen molar-refractivity contribution in [3.63, 3.8) is 0 Å². The monoisotopic (exact) mass is 274 g/mol. The molecule has 0 aromatic heterocycles. The van der Waals surface area contributed by atoms with Crippen molar-refractivity contribution in [3.8, 4) is 0 Å². The third-order valence-electron chi connectivity index (χ3n) is 4.47. The van der Waals surface area contributed by atoms with Gasteiger partial charge in [0.05, 0.1) is 5.41 Å². The lowest BCUT2D eigenvalue weighted by atomic mass is 9.82. The maximum atomic E-state index is 12.6. The molecule has 0 spiro atoms. The number of benzene rings is 1. The molecule has 0 bridgehead atoms. The molecule has 0 aliphatic heterocycles. The average molecular weight is 274 g/mol. The van der Waals surface area contributed by atoms with Crippen LogP contribution >= 0.6 is 0 Å². The first-order chi connectivity index (χ1) is 9.39. The van der Waals surface area contributed by atoms with Crippen LogP contribution < -0.4 is 11.1 Å². The molecule has 3 heteroatoms. The third kappa shape index (κ3) is 3.33. The maximum Gasteiger partial charge on any atom is 0.230 e. The van der Waals surface area contributed by atoms with Crippen LogP contribution in [0.4, 0.5) is 5.69 Å². The Balaban J connectivity index is 2.04. The fourth-order valence-electron chi connectivity index (χ4n) is 2.96. The summed E-state index contributed by atoms with van der Waals surface area (Å²) in [5.74, 6) is 0.829. The fraction of sp³-hybridized carbons (Fsp3) is 0.588. The number of nitrogens with one attached hydrogen (secondary N) is 1. The van der Waals surface area contributed by atoms with E-state index in [4.69, 9.17) is 5.73 Å². The Morgan fingerprint density at radius 3 is 2.50 bits per heavy atom. The van der Waals surface area contributed by atoms with Gasteiger partial charge in [0.15, 0.2) is 0 Å². The molecule has 2 unspecified atom stereocenters. The lowest BCUT2D eigenvalue weighted by molar-refractivity contribution is -0.126. The standard InChI is InChI=1S/C17H26N2O/c1-12-5-4-6-15(11-12)19-16(20)17(2,3)13-7-9-14(18)10-8-13/h7-10,12,15H,4-6,11,18H2,1-3H3,(H,19,20). The van der Waals surface area contributed by atoms with E-state index in [9.17, 15) is 4.79 Å². The summed E-state index contributed by atoms with van der Waals surface area (Å²) in [6.07, 6.45) is 4.71. The maximum absolute atomic E-state index is 12.6. The molecule has 1 fully saturated rings. The molecule has 20 heavy (non-hydrogen) atoms. The number of nitrogens with two attached hydrogens (primary N) is 1. The van der Waals surface area contributed by atoms with E-state index >= 15 is 0 Å². The highest BCUT2D eigenvalue weighted by atomic mass is 16.2. The minimum atomic E-state index is -0.519. The van der Waals surface area contributed by atoms with E-state index in [0.29, 0.717) is 12.0 Å². The number of nitrogen functional groups attached to an aromatic ring is 1. The number of rotatable bonds is 3. The Labute approximate surface area is 121 Å². The van der Waals surface area contributed by atoms with Crippen LogP contribution in [0.2, 0.25) is 0 Å². The van der Waals surface area contributed by atoms with E-state index in [1.165, 1.54) is 12.8 Å². The zero-order valence-corrected chi connectivity index (χ0v) is 12.8. The van der Waals surface area contributed by atoms with Gasteiger partial charge in [0.25, 0.3) is 0 Å². The van der Waals surface area contributed by atoms with Gasteiger partial charge in [-0.05, 0) is 50.3 Å². The smallest absolute Gasteiger partial charge is 0.230 e. The Kier molecular flexibility index (Phi) is 4.36. The first-order valence-corrected chi connectivity index (χ1v) is 7.56. The van der Waals surface area contributed by atoms with Crippen LogP contribution in [0.5, 0.6) is 0 Å². The lowest BCUT2D eigenvalue weighted by Gasteiger charge is -2.31. The van der Waals surface area contributed by atoms with Crippen molar-refractivity contribution >= 4 is 11.6 Å². The summed E-state index contributed by atoms with van der Waals surface area (Å²) < 4.78 is 0. The highest BCUT2D eigenvalue weighted by Gasteiger charge is 2.32. The van der Waals surface area contributed by atoms with Crippen molar-refractivity contribution in [2.45, 2.75) is 57.9 Å². The SMILES string of the molecule is CC1CCCC(NC(=O)C(C)(C)c2ccc(N)cc2)C1. The number of carbonyl (C=O) groups is 1. The normalized spacial score (nSPS) is 23.4. The molecule has 0 radical (unpaired) electrons. The van der Waals surface area contributed by atoms with Crippen molar-refractivity contribution in [1.29, 1.82) is 0 Å². The highest BCUT2D eigenvalue weighted by Crippen LogP contribution is 2.27. The molecule has 1 aliphatic carbocycles. The van der Waals surface area contributed by atoms with E-state index in [-0.39, 0.29) is 5.91 Å². The van der Waals surface area contributed by atoms with Gasteiger partial charge < -0.3 is 11.1 Å². The molecule has 0 saturated heterocycles. The van der Waals surface area contributed by atoms with Gasteiger partial charge in [-0.2, -0.15) is 0 Å². The first kappa shape index (κ1) is 14.9. The van der Waals surface area contributed by atoms with Crippen molar-refractivity contribution in [3.05, 3.63) is 29.8 Å². The Morgan fingerprint density at radius 1 is 1.25 bits per heavy atom. The van der Waals surface area contributed by atoms with Gasteiger partial charge in [0.1, 0.15) is 0 Å². The Hall–Kier alpha value is -1.51. The van der Waals surface area contributed by atoms with E-state index in [1.807, 2.05) is 38.1 Å². The molecular weight excluding hydrogens is 248 g/mol. The Bertz CT molecular complexity index is 464. The molecule has 2 rings (SSSR count). The molecule has 1 aliphatic rings. The zero-order valence-electron chi connectivity index (χ0n) is 12.8. The highest BCUT2D eigenvalue weighted by molar-refractivity contribution is 5.87. The van der Waals surface area contributed by atoms with Crippen molar-refractivity contribution < 1.29 is 4.79 Å². The number of hydrogen-bond donors (Lipinski definition) is 2. The van der Waals surface area contributed by atoms with Crippen LogP contribution in [0.3, 0.4) is 0 Å². The molecule has 1 aromatic rings. The predicted molar refractivity (Wildman–Crippen MR) is 83.4 cm³/mol. The van der Waals surface area contributed by atoms with Crippen LogP contribution in [-0.4, -0.2) is 11.9 Å². The van der Waals surface area contributed by atoms with Gasteiger partial charge >= 0.3 is 0 Å². The first-order valence-electron chi connectivity index (χ1n) is 7.56. The largest absolute Gasteiger partial charge is 0.399 e. The topological polar surface area (TPSA) is 55.1 Å². The summed E-state index contributed by atoms with van der Waals surface area (Å²) in [5, 5.41) is 3.23. The summed E-state index contributed by atoms with van der Waals surface area (Å²) in [6.45, 7) is 6.21. The van der Waals surface area contributed by atoms with Gasteiger partial charge in [-0.25, -0.2) is 0 Å². The van der Waals surface area contributed by atoms with E-state index in [1.54, 1.807) is 0 Å².